The zero-order valence-electron chi connectivity index (χ0n) is 21.7. The molecule has 2 amide bonds. The number of hydrogen-bond acceptors (Lipinski definition) is 7. The summed E-state index contributed by atoms with van der Waals surface area (Å²) in [6, 6.07) is 17.1. The number of hydrogen-bond donors (Lipinski definition) is 4. The Kier molecular flexibility index (Phi) is 13.8. The second-order valence-corrected chi connectivity index (χ2v) is 10.3. The Hall–Kier alpha value is -3.56. The Bertz CT molecular complexity index is 1010. The summed E-state index contributed by atoms with van der Waals surface area (Å²) < 4.78 is 31.3. The molecule has 0 fully saturated rings. The van der Waals surface area contributed by atoms with Crippen LogP contribution < -0.4 is 31.1 Å². The molecule has 6 N–H and O–H groups in total. The van der Waals surface area contributed by atoms with Gasteiger partial charge in [-0.25, -0.2) is 4.57 Å². The third-order valence-corrected chi connectivity index (χ3v) is 7.24. The Morgan fingerprint density at radius 1 is 0.921 bits per heavy atom. The minimum atomic E-state index is -4.02. The fraction of sp³-hybridized carbons (Fsp3) is 0.423. The van der Waals surface area contributed by atoms with E-state index in [-0.39, 0.29) is 37.7 Å². The number of benzene rings is 2. The average Bonchev–Trinajstić information content (AvgIpc) is 2.90. The van der Waals surface area contributed by atoms with Crippen LogP contribution in [-0.4, -0.2) is 49.9 Å². The van der Waals surface area contributed by atoms with Crippen molar-refractivity contribution in [3.8, 4) is 11.5 Å². The molecule has 0 saturated carbocycles. The van der Waals surface area contributed by atoms with Gasteiger partial charge in [0.25, 0.3) is 0 Å². The summed E-state index contributed by atoms with van der Waals surface area (Å²) in [6.45, 7) is 3.79. The first-order valence-corrected chi connectivity index (χ1v) is 14.2. The number of rotatable bonds is 18. The van der Waals surface area contributed by atoms with Crippen LogP contribution in [0.25, 0.3) is 0 Å². The van der Waals surface area contributed by atoms with Crippen molar-refractivity contribution in [3.05, 3.63) is 60.7 Å². The summed E-state index contributed by atoms with van der Waals surface area (Å²) in [5, 5.41) is 5.52. The predicted molar refractivity (Wildman–Crippen MR) is 147 cm³/mol. The summed E-state index contributed by atoms with van der Waals surface area (Å²) in [4.78, 5) is 29.0. The number of guanidine groups is 1. The van der Waals surface area contributed by atoms with Crippen LogP contribution in [0.5, 0.6) is 11.5 Å². The molecule has 1 atom stereocenters. The molecule has 2 aromatic carbocycles. The quantitative estimate of drug-likeness (QED) is 0.0955. The predicted octanol–water partition coefficient (Wildman–Crippen LogP) is 3.16. The van der Waals surface area contributed by atoms with E-state index < -0.39 is 19.3 Å². The first kappa shape index (κ1) is 30.7. The van der Waals surface area contributed by atoms with Crippen LogP contribution in [0.4, 0.5) is 0 Å². The maximum absolute atomic E-state index is 14.2. The smallest absolute Gasteiger partial charge is 0.415 e. The van der Waals surface area contributed by atoms with E-state index in [9.17, 15) is 14.2 Å². The van der Waals surface area contributed by atoms with Gasteiger partial charge in [-0.3, -0.25) is 14.6 Å². The first-order valence-electron chi connectivity index (χ1n) is 12.6. The van der Waals surface area contributed by atoms with Gasteiger partial charge in [0.15, 0.2) is 11.7 Å². The zero-order valence-corrected chi connectivity index (χ0v) is 22.6. The van der Waals surface area contributed by atoms with E-state index in [0.717, 1.165) is 0 Å². The van der Waals surface area contributed by atoms with Crippen LogP contribution in [-0.2, 0) is 18.9 Å². The van der Waals surface area contributed by atoms with Gasteiger partial charge in [0, 0.05) is 39.1 Å². The van der Waals surface area contributed by atoms with E-state index >= 15 is 0 Å². The molecule has 0 aliphatic rings. The summed E-state index contributed by atoms with van der Waals surface area (Å²) in [5.74, 6) is -1.18. The monoisotopic (exact) mass is 547 g/mol. The molecule has 2 rings (SSSR count). The van der Waals surface area contributed by atoms with E-state index in [1.54, 1.807) is 60.7 Å². The highest BCUT2D eigenvalue weighted by Gasteiger charge is 2.40. The Balaban J connectivity index is 2.13. The minimum Gasteiger partial charge on any atom is -0.415 e. The molecular weight excluding hydrogens is 509 g/mol. The SMILES string of the molecule is CCOCCCNC(=O)CCC(=O)NC(CCCN=C(N)N)P(=O)(Oc1ccccc1)Oc1ccccc1. The number of carbonyl (C=O) groups is 2. The molecule has 0 radical (unpaired) electrons. The lowest BCUT2D eigenvalue weighted by Crippen LogP contribution is -2.38. The molecule has 0 saturated heterocycles. The second-order valence-electron chi connectivity index (χ2n) is 8.28. The first-order chi connectivity index (χ1) is 18.3. The van der Waals surface area contributed by atoms with Gasteiger partial charge in [0.1, 0.15) is 11.5 Å². The van der Waals surface area contributed by atoms with Gasteiger partial charge in [-0.15, -0.1) is 0 Å². The van der Waals surface area contributed by atoms with Gasteiger partial charge in [0.2, 0.25) is 11.8 Å². The second kappa shape index (κ2) is 17.0. The highest BCUT2D eigenvalue weighted by Crippen LogP contribution is 2.53. The number of para-hydroxylation sites is 2. The van der Waals surface area contributed by atoms with Gasteiger partial charge in [-0.1, -0.05) is 36.4 Å². The van der Waals surface area contributed by atoms with Crippen molar-refractivity contribution in [2.45, 2.75) is 44.8 Å². The number of ether oxygens (including phenoxy) is 1. The highest BCUT2D eigenvalue weighted by atomic mass is 31.2. The van der Waals surface area contributed by atoms with Crippen LogP contribution in [0.3, 0.4) is 0 Å². The fourth-order valence-electron chi connectivity index (χ4n) is 3.32. The normalized spacial score (nSPS) is 11.7. The molecule has 12 heteroatoms. The molecule has 2 aromatic rings. The molecule has 208 valence electrons. The Morgan fingerprint density at radius 3 is 2.05 bits per heavy atom. The van der Waals surface area contributed by atoms with Crippen molar-refractivity contribution in [1.29, 1.82) is 0 Å². The highest BCUT2D eigenvalue weighted by molar-refractivity contribution is 7.55. The van der Waals surface area contributed by atoms with E-state index in [0.29, 0.717) is 44.1 Å². The lowest BCUT2D eigenvalue weighted by Gasteiger charge is -2.28. The zero-order chi connectivity index (χ0) is 27.6. The standard InChI is InChI=1S/C26H38N5O6P/c1-2-35-20-10-19-29-23(32)16-17-24(33)31-25(15-9-18-30-26(27)28)38(34,36-21-11-5-3-6-12-21)37-22-13-7-4-8-14-22/h3-8,11-14,25H,2,9-10,15-20H2,1H3,(H,29,32)(H,31,33)(H4,27,28,30). The maximum atomic E-state index is 14.2. The molecule has 11 nitrogen and oxygen atoms in total. The number of aliphatic imine (C=N–C) groups is 1. The van der Waals surface area contributed by atoms with Gasteiger partial charge in [0.05, 0.1) is 0 Å². The van der Waals surface area contributed by atoms with Crippen molar-refractivity contribution in [2.24, 2.45) is 16.5 Å². The fourth-order valence-corrected chi connectivity index (χ4v) is 5.25. The lowest BCUT2D eigenvalue weighted by atomic mass is 10.2. The molecule has 0 bridgehead atoms. The maximum Gasteiger partial charge on any atom is 0.452 e. The average molecular weight is 548 g/mol. The minimum absolute atomic E-state index is 0.0232. The summed E-state index contributed by atoms with van der Waals surface area (Å²) in [6.07, 6.45) is 1.15. The van der Waals surface area contributed by atoms with Crippen LogP contribution in [0.15, 0.2) is 65.7 Å². The van der Waals surface area contributed by atoms with Gasteiger partial charge in [-0.2, -0.15) is 0 Å². The van der Waals surface area contributed by atoms with Crippen LogP contribution in [0.2, 0.25) is 0 Å². The van der Waals surface area contributed by atoms with Crippen molar-refractivity contribution >= 4 is 25.4 Å². The van der Waals surface area contributed by atoms with E-state index in [2.05, 4.69) is 15.6 Å². The summed E-state index contributed by atoms with van der Waals surface area (Å²) in [7, 11) is -4.02. The number of nitrogens with two attached hydrogens (primary N) is 2. The number of nitrogens with one attached hydrogen (secondary N) is 2. The van der Waals surface area contributed by atoms with E-state index in [4.69, 9.17) is 25.3 Å². The number of amides is 2. The molecule has 0 aromatic heterocycles. The topological polar surface area (TPSA) is 167 Å². The largest absolute Gasteiger partial charge is 0.452 e. The molecule has 0 heterocycles. The van der Waals surface area contributed by atoms with Gasteiger partial charge < -0.3 is 35.9 Å². The van der Waals surface area contributed by atoms with Crippen molar-refractivity contribution < 1.29 is 27.9 Å². The molecule has 0 aliphatic heterocycles. The van der Waals surface area contributed by atoms with Crippen molar-refractivity contribution in [2.75, 3.05) is 26.3 Å². The van der Waals surface area contributed by atoms with E-state index in [1.807, 2.05) is 6.92 Å². The molecule has 1 unspecified atom stereocenters. The Labute approximate surface area is 223 Å². The summed E-state index contributed by atoms with van der Waals surface area (Å²) in [5.41, 5.74) is 10.8. The summed E-state index contributed by atoms with van der Waals surface area (Å²) >= 11 is 0. The van der Waals surface area contributed by atoms with Crippen LogP contribution in [0, 0.1) is 0 Å². The third-order valence-electron chi connectivity index (χ3n) is 5.16. The molecular formula is C26H38N5O6P. The van der Waals surface area contributed by atoms with Crippen LogP contribution in [0.1, 0.15) is 39.0 Å². The van der Waals surface area contributed by atoms with Crippen LogP contribution >= 0.6 is 7.60 Å². The molecule has 0 spiro atoms. The van der Waals surface area contributed by atoms with E-state index in [1.165, 1.54) is 0 Å². The lowest BCUT2D eigenvalue weighted by molar-refractivity contribution is -0.126. The Morgan fingerprint density at radius 2 is 1.50 bits per heavy atom. The number of nitrogens with zero attached hydrogens (tertiary/aromatic N) is 1. The van der Waals surface area contributed by atoms with Gasteiger partial charge >= 0.3 is 7.60 Å². The van der Waals surface area contributed by atoms with Gasteiger partial charge in [-0.05, 0) is 50.5 Å². The molecule has 38 heavy (non-hydrogen) atoms. The van der Waals surface area contributed by atoms with Crippen molar-refractivity contribution in [3.63, 3.8) is 0 Å². The third kappa shape index (κ3) is 12.1. The van der Waals surface area contributed by atoms with Crippen molar-refractivity contribution in [1.82, 2.24) is 10.6 Å². The molecule has 0 aliphatic carbocycles. The number of carbonyl (C=O) groups excluding carboxylic acids is 2.